The topological polar surface area (TPSA) is 43.2 Å². The SMILES string of the molecule is Cn1ccc(-c2cccc(OCCCCN3CCc4ccccc4C3)n2)n1. The molecule has 0 unspecified atom stereocenters. The van der Waals surface area contributed by atoms with Crippen LogP contribution in [0.2, 0.25) is 0 Å². The summed E-state index contributed by atoms with van der Waals surface area (Å²) in [6, 6.07) is 16.6. The number of benzene rings is 1. The summed E-state index contributed by atoms with van der Waals surface area (Å²) in [4.78, 5) is 7.10. The van der Waals surface area contributed by atoms with Gasteiger partial charge in [-0.1, -0.05) is 30.3 Å². The van der Waals surface area contributed by atoms with Crippen LogP contribution in [0.3, 0.4) is 0 Å². The van der Waals surface area contributed by atoms with Gasteiger partial charge in [-0.05, 0) is 49.1 Å². The van der Waals surface area contributed by atoms with Crippen molar-refractivity contribution in [1.82, 2.24) is 19.7 Å². The zero-order valence-electron chi connectivity index (χ0n) is 15.8. The van der Waals surface area contributed by atoms with Crippen molar-refractivity contribution >= 4 is 0 Å². The van der Waals surface area contributed by atoms with Crippen LogP contribution in [0.4, 0.5) is 0 Å². The van der Waals surface area contributed by atoms with Crippen molar-refractivity contribution in [3.05, 3.63) is 65.9 Å². The van der Waals surface area contributed by atoms with Crippen LogP contribution in [0.5, 0.6) is 5.88 Å². The van der Waals surface area contributed by atoms with Gasteiger partial charge in [-0.2, -0.15) is 5.10 Å². The molecule has 5 nitrogen and oxygen atoms in total. The first kappa shape index (κ1) is 17.7. The molecule has 3 aromatic rings. The third-order valence-corrected chi connectivity index (χ3v) is 5.03. The van der Waals surface area contributed by atoms with Crippen molar-refractivity contribution in [2.75, 3.05) is 19.7 Å². The number of pyridine rings is 1. The minimum atomic E-state index is 0.671. The van der Waals surface area contributed by atoms with Crippen LogP contribution in [-0.2, 0) is 20.0 Å². The first-order chi connectivity index (χ1) is 13.3. The summed E-state index contributed by atoms with van der Waals surface area (Å²) >= 11 is 0. The standard InChI is InChI=1S/C22H26N4O/c1-25-14-12-21(24-25)20-9-6-10-22(23-20)27-16-5-4-13-26-15-11-18-7-2-3-8-19(18)17-26/h2-3,6-10,12,14H,4-5,11,13,15-17H2,1H3. The monoisotopic (exact) mass is 362 g/mol. The molecule has 0 atom stereocenters. The van der Waals surface area contributed by atoms with Crippen molar-refractivity contribution < 1.29 is 4.74 Å². The van der Waals surface area contributed by atoms with E-state index in [-0.39, 0.29) is 0 Å². The average molecular weight is 362 g/mol. The van der Waals surface area contributed by atoms with Crippen LogP contribution in [0, 0.1) is 0 Å². The van der Waals surface area contributed by atoms with Crippen molar-refractivity contribution in [1.29, 1.82) is 0 Å². The van der Waals surface area contributed by atoms with Gasteiger partial charge in [-0.15, -0.1) is 0 Å². The van der Waals surface area contributed by atoms with Crippen molar-refractivity contribution in [3.8, 4) is 17.3 Å². The molecular weight excluding hydrogens is 336 g/mol. The number of fused-ring (bicyclic) bond motifs is 1. The summed E-state index contributed by atoms with van der Waals surface area (Å²) in [6.07, 6.45) is 5.26. The maximum atomic E-state index is 5.86. The lowest BCUT2D eigenvalue weighted by molar-refractivity contribution is 0.233. The van der Waals surface area contributed by atoms with E-state index in [0.717, 1.165) is 50.3 Å². The number of nitrogens with zero attached hydrogens (tertiary/aromatic N) is 4. The quantitative estimate of drug-likeness (QED) is 0.601. The molecule has 0 radical (unpaired) electrons. The van der Waals surface area contributed by atoms with E-state index in [9.17, 15) is 0 Å². The van der Waals surface area contributed by atoms with E-state index in [2.05, 4.69) is 39.2 Å². The molecule has 0 saturated heterocycles. The molecule has 0 N–H and O–H groups in total. The van der Waals surface area contributed by atoms with E-state index >= 15 is 0 Å². The van der Waals surface area contributed by atoms with Crippen LogP contribution in [-0.4, -0.2) is 39.4 Å². The molecule has 1 aromatic carbocycles. The van der Waals surface area contributed by atoms with Crippen LogP contribution < -0.4 is 4.74 Å². The molecule has 0 aliphatic carbocycles. The number of hydrogen-bond acceptors (Lipinski definition) is 4. The third kappa shape index (κ3) is 4.55. The summed E-state index contributed by atoms with van der Waals surface area (Å²) in [6.45, 7) is 4.05. The van der Waals surface area contributed by atoms with Crippen LogP contribution in [0.1, 0.15) is 24.0 Å². The summed E-state index contributed by atoms with van der Waals surface area (Å²) in [5, 5.41) is 4.39. The highest BCUT2D eigenvalue weighted by Gasteiger charge is 2.14. The Kier molecular flexibility index (Phi) is 5.49. The van der Waals surface area contributed by atoms with E-state index in [0.29, 0.717) is 12.5 Å². The van der Waals surface area contributed by atoms with E-state index < -0.39 is 0 Å². The number of rotatable bonds is 7. The zero-order chi connectivity index (χ0) is 18.5. The fourth-order valence-corrected chi connectivity index (χ4v) is 3.55. The summed E-state index contributed by atoms with van der Waals surface area (Å²) in [7, 11) is 1.91. The van der Waals surface area contributed by atoms with E-state index in [4.69, 9.17) is 4.74 Å². The van der Waals surface area contributed by atoms with Gasteiger partial charge >= 0.3 is 0 Å². The molecule has 27 heavy (non-hydrogen) atoms. The second kappa shape index (κ2) is 8.35. The number of unbranched alkanes of at least 4 members (excludes halogenated alkanes) is 1. The van der Waals surface area contributed by atoms with E-state index in [1.165, 1.54) is 11.1 Å². The fourth-order valence-electron chi connectivity index (χ4n) is 3.55. The largest absolute Gasteiger partial charge is 0.478 e. The molecule has 1 aliphatic heterocycles. The number of hydrogen-bond donors (Lipinski definition) is 0. The van der Waals surface area contributed by atoms with E-state index in [1.807, 2.05) is 37.5 Å². The second-order valence-corrected chi connectivity index (χ2v) is 7.09. The molecule has 0 spiro atoms. The molecular formula is C22H26N4O. The maximum Gasteiger partial charge on any atom is 0.213 e. The summed E-state index contributed by atoms with van der Waals surface area (Å²) in [5.74, 6) is 0.671. The average Bonchev–Trinajstić information content (AvgIpc) is 3.14. The van der Waals surface area contributed by atoms with Gasteiger partial charge in [0.2, 0.25) is 5.88 Å². The third-order valence-electron chi connectivity index (χ3n) is 5.03. The Bertz CT molecular complexity index is 889. The van der Waals surface area contributed by atoms with Gasteiger partial charge in [-0.25, -0.2) is 4.98 Å². The molecule has 0 fully saturated rings. The van der Waals surface area contributed by atoms with Gasteiger partial charge in [0.15, 0.2) is 0 Å². The Hall–Kier alpha value is -2.66. The second-order valence-electron chi connectivity index (χ2n) is 7.09. The molecule has 2 aromatic heterocycles. The predicted molar refractivity (Wildman–Crippen MR) is 107 cm³/mol. The molecule has 140 valence electrons. The molecule has 3 heterocycles. The first-order valence-electron chi connectivity index (χ1n) is 9.67. The fraction of sp³-hybridized carbons (Fsp3) is 0.364. The van der Waals surface area contributed by atoms with Crippen LogP contribution in [0.15, 0.2) is 54.7 Å². The number of aryl methyl sites for hydroxylation is 1. The zero-order valence-corrected chi connectivity index (χ0v) is 15.8. The van der Waals surface area contributed by atoms with Gasteiger partial charge in [0.25, 0.3) is 0 Å². The molecule has 0 amide bonds. The Labute approximate surface area is 160 Å². The van der Waals surface area contributed by atoms with Crippen LogP contribution in [0.25, 0.3) is 11.4 Å². The predicted octanol–water partition coefficient (Wildman–Crippen LogP) is 3.70. The Morgan fingerprint density at radius 3 is 2.70 bits per heavy atom. The van der Waals surface area contributed by atoms with Crippen molar-refractivity contribution in [2.45, 2.75) is 25.8 Å². The molecule has 5 heteroatoms. The first-order valence-corrected chi connectivity index (χ1v) is 9.67. The lowest BCUT2D eigenvalue weighted by atomic mass is 10.00. The smallest absolute Gasteiger partial charge is 0.213 e. The summed E-state index contributed by atoms with van der Waals surface area (Å²) < 4.78 is 7.64. The summed E-state index contributed by atoms with van der Waals surface area (Å²) in [5.41, 5.74) is 4.71. The van der Waals surface area contributed by atoms with Crippen molar-refractivity contribution in [3.63, 3.8) is 0 Å². The molecule has 4 rings (SSSR count). The van der Waals surface area contributed by atoms with E-state index in [1.54, 1.807) is 4.68 Å². The Balaban J connectivity index is 1.21. The minimum absolute atomic E-state index is 0.671. The molecule has 0 bridgehead atoms. The lowest BCUT2D eigenvalue weighted by Gasteiger charge is -2.28. The van der Waals surface area contributed by atoms with Gasteiger partial charge in [0.1, 0.15) is 5.69 Å². The van der Waals surface area contributed by atoms with Gasteiger partial charge < -0.3 is 4.74 Å². The minimum Gasteiger partial charge on any atom is -0.478 e. The van der Waals surface area contributed by atoms with Gasteiger partial charge in [0, 0.05) is 32.4 Å². The molecule has 0 saturated carbocycles. The highest BCUT2D eigenvalue weighted by molar-refractivity contribution is 5.53. The highest BCUT2D eigenvalue weighted by Crippen LogP contribution is 2.19. The van der Waals surface area contributed by atoms with Crippen LogP contribution >= 0.6 is 0 Å². The maximum absolute atomic E-state index is 5.86. The number of ether oxygens (including phenoxy) is 1. The Morgan fingerprint density at radius 1 is 0.963 bits per heavy atom. The number of aromatic nitrogens is 3. The molecule has 1 aliphatic rings. The Morgan fingerprint density at radius 2 is 1.85 bits per heavy atom. The van der Waals surface area contributed by atoms with Crippen molar-refractivity contribution in [2.24, 2.45) is 7.05 Å². The van der Waals surface area contributed by atoms with Gasteiger partial charge in [-0.3, -0.25) is 9.58 Å². The highest BCUT2D eigenvalue weighted by atomic mass is 16.5. The van der Waals surface area contributed by atoms with Gasteiger partial charge in [0.05, 0.1) is 12.3 Å². The normalized spacial score (nSPS) is 14.1. The lowest BCUT2D eigenvalue weighted by Crippen LogP contribution is -2.31.